The minimum absolute atomic E-state index is 0.216. The Hall–Kier alpha value is -2.92. The molecule has 1 aromatic carbocycles. The molecule has 3 rings (SSSR count). The van der Waals surface area contributed by atoms with E-state index in [1.807, 2.05) is 0 Å². The second-order valence-electron chi connectivity index (χ2n) is 4.90. The number of aromatic amines is 1. The predicted molar refractivity (Wildman–Crippen MR) is 71.5 cm³/mol. The molecule has 0 atom stereocenters. The van der Waals surface area contributed by atoms with Gasteiger partial charge in [-0.25, -0.2) is 14.4 Å². The van der Waals surface area contributed by atoms with Gasteiger partial charge in [-0.2, -0.15) is 31.3 Å². The van der Waals surface area contributed by atoms with E-state index in [-0.39, 0.29) is 6.07 Å². The summed E-state index contributed by atoms with van der Waals surface area (Å²) >= 11 is 0. The average molecular weight is 365 g/mol. The van der Waals surface area contributed by atoms with Gasteiger partial charge in [0.05, 0.1) is 11.1 Å². The molecule has 0 saturated heterocycles. The summed E-state index contributed by atoms with van der Waals surface area (Å²) in [5.41, 5.74) is 0.922. The van der Waals surface area contributed by atoms with Crippen LogP contribution in [0.5, 0.6) is 0 Å². The lowest BCUT2D eigenvalue weighted by Crippen LogP contribution is -2.11. The summed E-state index contributed by atoms with van der Waals surface area (Å²) in [4.78, 5) is 12.4. The van der Waals surface area contributed by atoms with Gasteiger partial charge in [0.25, 0.3) is 0 Å². The van der Waals surface area contributed by atoms with E-state index in [1.54, 1.807) is 0 Å². The van der Waals surface area contributed by atoms with Crippen molar-refractivity contribution in [1.29, 1.82) is 0 Å². The first-order chi connectivity index (χ1) is 11.5. The summed E-state index contributed by atoms with van der Waals surface area (Å²) in [5, 5.41) is 0. The molecule has 5 nitrogen and oxygen atoms in total. The van der Waals surface area contributed by atoms with Crippen LogP contribution in [-0.4, -0.2) is 19.9 Å². The van der Waals surface area contributed by atoms with Gasteiger partial charge < -0.3 is 10.7 Å². The normalized spacial score (nSPS) is 12.8. The fourth-order valence-corrected chi connectivity index (χ4v) is 2.13. The number of nitrogen functional groups attached to an aromatic ring is 1. The Morgan fingerprint density at radius 1 is 0.920 bits per heavy atom. The minimum atomic E-state index is -4.89. The predicted octanol–water partition coefficient (Wildman–Crippen LogP) is 3.78. The van der Waals surface area contributed by atoms with Gasteiger partial charge in [0.15, 0.2) is 11.3 Å². The van der Waals surface area contributed by atoms with Gasteiger partial charge in [-0.05, 0) is 18.2 Å². The number of anilines is 1. The van der Waals surface area contributed by atoms with Crippen molar-refractivity contribution in [3.63, 3.8) is 0 Å². The standard InChI is InChI=1S/C13H6F7N5/c14-6-3-4(12(15,16)17)1-2-5(6)9-22-7-8(13(18,19)20)23-11(21)25-10(7)24-9/h1-3H,(H3,21,22,23,24,25). The molecule has 0 unspecified atom stereocenters. The number of benzene rings is 1. The van der Waals surface area contributed by atoms with E-state index in [2.05, 4.69) is 19.9 Å². The maximum absolute atomic E-state index is 14.0. The molecule has 2 aromatic heterocycles. The fourth-order valence-electron chi connectivity index (χ4n) is 2.13. The van der Waals surface area contributed by atoms with Gasteiger partial charge in [0.1, 0.15) is 17.2 Å². The van der Waals surface area contributed by atoms with Crippen LogP contribution >= 0.6 is 0 Å². The molecule has 0 bridgehead atoms. The van der Waals surface area contributed by atoms with Crippen LogP contribution in [0, 0.1) is 5.82 Å². The summed E-state index contributed by atoms with van der Waals surface area (Å²) in [5.74, 6) is -2.46. The Bertz CT molecular complexity index is 958. The number of nitrogens with two attached hydrogens (primary N) is 1. The molecule has 132 valence electrons. The molecule has 0 spiro atoms. The Morgan fingerprint density at radius 3 is 2.16 bits per heavy atom. The number of aromatic nitrogens is 4. The van der Waals surface area contributed by atoms with Crippen molar-refractivity contribution in [2.45, 2.75) is 12.4 Å². The maximum Gasteiger partial charge on any atom is 0.435 e. The topological polar surface area (TPSA) is 80.5 Å². The first kappa shape index (κ1) is 16.9. The van der Waals surface area contributed by atoms with Gasteiger partial charge in [-0.3, -0.25) is 0 Å². The zero-order valence-corrected chi connectivity index (χ0v) is 11.8. The van der Waals surface area contributed by atoms with Crippen molar-refractivity contribution >= 4 is 17.1 Å². The highest BCUT2D eigenvalue weighted by atomic mass is 19.4. The number of hydrogen-bond acceptors (Lipinski definition) is 4. The molecule has 12 heteroatoms. The Labute approximate surface area is 133 Å². The second-order valence-corrected chi connectivity index (χ2v) is 4.90. The Morgan fingerprint density at radius 2 is 1.60 bits per heavy atom. The number of fused-ring (bicyclic) bond motifs is 1. The highest BCUT2D eigenvalue weighted by Crippen LogP contribution is 2.35. The molecule has 0 aliphatic heterocycles. The molecule has 3 aromatic rings. The molecule has 0 aliphatic rings. The number of H-pyrrole nitrogens is 1. The highest BCUT2D eigenvalue weighted by Gasteiger charge is 2.37. The third-order valence-electron chi connectivity index (χ3n) is 3.19. The lowest BCUT2D eigenvalue weighted by molar-refractivity contribution is -0.140. The minimum Gasteiger partial charge on any atom is -0.368 e. The number of hydrogen-bond donors (Lipinski definition) is 2. The molecular formula is C13H6F7N5. The van der Waals surface area contributed by atoms with Gasteiger partial charge in [-0.1, -0.05) is 0 Å². The molecule has 0 aliphatic carbocycles. The molecule has 25 heavy (non-hydrogen) atoms. The molecule has 0 amide bonds. The van der Waals surface area contributed by atoms with Gasteiger partial charge >= 0.3 is 12.4 Å². The lowest BCUT2D eigenvalue weighted by Gasteiger charge is -2.08. The zero-order chi connectivity index (χ0) is 18.6. The summed E-state index contributed by atoms with van der Waals surface area (Å²) in [6.07, 6.45) is -9.66. The maximum atomic E-state index is 14.0. The number of nitrogens with one attached hydrogen (secondary N) is 1. The van der Waals surface area contributed by atoms with Crippen molar-refractivity contribution in [2.75, 3.05) is 5.73 Å². The molecular weight excluding hydrogens is 359 g/mol. The zero-order valence-electron chi connectivity index (χ0n) is 11.8. The number of nitrogens with zero attached hydrogens (tertiary/aromatic N) is 3. The smallest absolute Gasteiger partial charge is 0.368 e. The summed E-state index contributed by atoms with van der Waals surface area (Å²) < 4.78 is 90.6. The third-order valence-corrected chi connectivity index (χ3v) is 3.19. The molecule has 0 radical (unpaired) electrons. The van der Waals surface area contributed by atoms with Crippen molar-refractivity contribution < 1.29 is 30.7 Å². The fraction of sp³-hybridized carbons (Fsp3) is 0.154. The van der Waals surface area contributed by atoms with Crippen molar-refractivity contribution in [3.05, 3.63) is 35.3 Å². The second kappa shape index (κ2) is 5.29. The summed E-state index contributed by atoms with van der Waals surface area (Å²) in [6.45, 7) is 0. The van der Waals surface area contributed by atoms with Crippen LogP contribution in [0.15, 0.2) is 18.2 Å². The van der Waals surface area contributed by atoms with E-state index in [1.165, 1.54) is 0 Å². The van der Waals surface area contributed by atoms with Crippen molar-refractivity contribution in [3.8, 4) is 11.4 Å². The highest BCUT2D eigenvalue weighted by molar-refractivity contribution is 5.79. The van der Waals surface area contributed by atoms with Crippen LogP contribution in [0.1, 0.15) is 11.3 Å². The van der Waals surface area contributed by atoms with Gasteiger partial charge in [0, 0.05) is 0 Å². The first-order valence-corrected chi connectivity index (χ1v) is 6.44. The van der Waals surface area contributed by atoms with Crippen molar-refractivity contribution in [2.24, 2.45) is 0 Å². The number of imidazole rings is 1. The van der Waals surface area contributed by atoms with E-state index in [9.17, 15) is 30.7 Å². The van der Waals surface area contributed by atoms with E-state index >= 15 is 0 Å². The number of rotatable bonds is 1. The van der Waals surface area contributed by atoms with Gasteiger partial charge in [-0.15, -0.1) is 0 Å². The van der Waals surface area contributed by atoms with Crippen LogP contribution in [0.3, 0.4) is 0 Å². The molecule has 3 N–H and O–H groups in total. The van der Waals surface area contributed by atoms with E-state index in [0.717, 1.165) is 6.07 Å². The van der Waals surface area contributed by atoms with E-state index < -0.39 is 57.9 Å². The number of halogens is 7. The van der Waals surface area contributed by atoms with Crippen LogP contribution in [0.4, 0.5) is 36.7 Å². The monoisotopic (exact) mass is 365 g/mol. The van der Waals surface area contributed by atoms with Gasteiger partial charge in [0.2, 0.25) is 5.95 Å². The summed E-state index contributed by atoms with van der Waals surface area (Å²) in [6, 6.07) is 1.55. The SMILES string of the molecule is Nc1nc(C(F)(F)F)c2[nH]c(-c3ccc(C(F)(F)F)cc3F)nc2n1. The summed E-state index contributed by atoms with van der Waals surface area (Å²) in [7, 11) is 0. The van der Waals surface area contributed by atoms with Crippen molar-refractivity contribution in [1.82, 2.24) is 19.9 Å². The van der Waals surface area contributed by atoms with Crippen LogP contribution in [0.2, 0.25) is 0 Å². The molecule has 0 saturated carbocycles. The number of alkyl halides is 6. The molecule has 2 heterocycles. The molecule has 0 fully saturated rings. The third kappa shape index (κ3) is 3.06. The average Bonchev–Trinajstić information content (AvgIpc) is 2.87. The Balaban J connectivity index is 2.18. The Kier molecular flexibility index (Phi) is 3.58. The van der Waals surface area contributed by atoms with Crippen LogP contribution in [0.25, 0.3) is 22.6 Å². The van der Waals surface area contributed by atoms with Crippen LogP contribution in [-0.2, 0) is 12.4 Å². The van der Waals surface area contributed by atoms with E-state index in [0.29, 0.717) is 6.07 Å². The largest absolute Gasteiger partial charge is 0.435 e. The lowest BCUT2D eigenvalue weighted by atomic mass is 10.1. The quantitative estimate of drug-likeness (QED) is 0.643. The van der Waals surface area contributed by atoms with E-state index in [4.69, 9.17) is 5.73 Å². The van der Waals surface area contributed by atoms with Crippen LogP contribution < -0.4 is 5.73 Å². The first-order valence-electron chi connectivity index (χ1n) is 6.44.